The first kappa shape index (κ1) is 33.8. The van der Waals surface area contributed by atoms with E-state index >= 15 is 0 Å². The predicted molar refractivity (Wildman–Crippen MR) is 174 cm³/mol. The number of sulfonamides is 1. The van der Waals surface area contributed by atoms with Crippen molar-refractivity contribution in [3.05, 3.63) is 84.2 Å². The fourth-order valence-electron chi connectivity index (χ4n) is 4.80. The van der Waals surface area contributed by atoms with E-state index in [1.165, 1.54) is 6.07 Å². The highest BCUT2D eigenvalue weighted by molar-refractivity contribution is 7.92. The van der Waals surface area contributed by atoms with Crippen LogP contribution >= 0.6 is 0 Å². The third-order valence-electron chi connectivity index (χ3n) is 7.29. The number of Topliss-reactive ketones (excluding diaryl/α,β-unsaturated/α-hetero) is 1. The molecule has 3 N–H and O–H groups in total. The SMILES string of the molecule is CC(C)CCCC(C)CC(=O)[C@@H](Cc1cccnc1)NC(=O)Nc1cccc(NS(=O)(=O)c2ccc(C(C)(C)C)cc2)c1. The van der Waals surface area contributed by atoms with Crippen molar-refractivity contribution < 1.29 is 18.0 Å². The van der Waals surface area contributed by atoms with E-state index < -0.39 is 22.1 Å². The second-order valence-corrected chi connectivity index (χ2v) is 14.5. The lowest BCUT2D eigenvalue weighted by Crippen LogP contribution is -2.44. The fraction of sp³-hybridized carbons (Fsp3) is 0.441. The molecule has 8 nitrogen and oxygen atoms in total. The van der Waals surface area contributed by atoms with E-state index in [1.54, 1.807) is 48.8 Å². The van der Waals surface area contributed by atoms with Gasteiger partial charge in [-0.2, -0.15) is 0 Å². The molecule has 0 aliphatic heterocycles. The molecule has 2 atom stereocenters. The molecule has 0 spiro atoms. The normalized spacial score (nSPS) is 13.3. The Morgan fingerprint density at radius 1 is 0.907 bits per heavy atom. The molecule has 0 saturated heterocycles. The second kappa shape index (κ2) is 15.1. The highest BCUT2D eigenvalue weighted by atomic mass is 32.2. The minimum atomic E-state index is -3.84. The maximum Gasteiger partial charge on any atom is 0.319 e. The molecule has 0 bridgehead atoms. The van der Waals surface area contributed by atoms with Crippen molar-refractivity contribution in [2.24, 2.45) is 11.8 Å². The number of amides is 2. The summed E-state index contributed by atoms with van der Waals surface area (Å²) in [5.74, 6) is 0.803. The number of urea groups is 1. The van der Waals surface area contributed by atoms with Gasteiger partial charge in [0.15, 0.2) is 5.78 Å². The van der Waals surface area contributed by atoms with Crippen molar-refractivity contribution in [2.45, 2.75) is 90.0 Å². The number of pyridine rings is 1. The van der Waals surface area contributed by atoms with E-state index in [1.807, 2.05) is 18.2 Å². The first-order chi connectivity index (χ1) is 20.2. The van der Waals surface area contributed by atoms with Crippen LogP contribution in [-0.4, -0.2) is 31.3 Å². The average molecular weight is 607 g/mol. The van der Waals surface area contributed by atoms with Gasteiger partial charge in [0.1, 0.15) is 0 Å². The standard InChI is InChI=1S/C34H46N4O4S/c1-24(2)10-7-11-25(3)20-32(39)31(21-26-12-9-19-35-23-26)37-33(40)36-28-13-8-14-29(22-28)38-43(41,42)30-17-15-27(16-18-30)34(4,5)6/h8-9,12-19,22-25,31,38H,7,10-11,20-21H2,1-6H3,(H2,36,37,40)/t25?,31-/m1/s1. The van der Waals surface area contributed by atoms with Crippen LogP contribution < -0.4 is 15.4 Å². The number of carbonyl (C=O) groups excluding carboxylic acids is 2. The van der Waals surface area contributed by atoms with Gasteiger partial charge in [-0.3, -0.25) is 14.5 Å². The Labute approximate surface area is 257 Å². The number of benzene rings is 2. The van der Waals surface area contributed by atoms with Crippen molar-refractivity contribution in [3.63, 3.8) is 0 Å². The van der Waals surface area contributed by atoms with Crippen LogP contribution in [0.3, 0.4) is 0 Å². The first-order valence-electron chi connectivity index (χ1n) is 15.0. The zero-order valence-electron chi connectivity index (χ0n) is 26.2. The van der Waals surface area contributed by atoms with E-state index in [0.29, 0.717) is 30.1 Å². The lowest BCUT2D eigenvalue weighted by Gasteiger charge is -2.21. The lowest BCUT2D eigenvalue weighted by atomic mass is 9.87. The Bertz CT molecular complexity index is 1450. The number of ketones is 1. The maximum absolute atomic E-state index is 13.3. The number of hydrogen-bond donors (Lipinski definition) is 3. The van der Waals surface area contributed by atoms with Gasteiger partial charge < -0.3 is 10.6 Å². The van der Waals surface area contributed by atoms with Crippen LogP contribution in [0.4, 0.5) is 16.2 Å². The quantitative estimate of drug-likeness (QED) is 0.178. The van der Waals surface area contributed by atoms with Crippen molar-refractivity contribution in [1.82, 2.24) is 10.3 Å². The van der Waals surface area contributed by atoms with Gasteiger partial charge in [0.05, 0.1) is 16.6 Å². The molecule has 3 aromatic rings. The molecule has 232 valence electrons. The maximum atomic E-state index is 13.3. The Kier molecular flexibility index (Phi) is 11.9. The monoisotopic (exact) mass is 606 g/mol. The van der Waals surface area contributed by atoms with Gasteiger partial charge in [0.25, 0.3) is 10.0 Å². The smallest absolute Gasteiger partial charge is 0.319 e. The van der Waals surface area contributed by atoms with Crippen molar-refractivity contribution in [1.29, 1.82) is 0 Å². The van der Waals surface area contributed by atoms with Crippen LogP contribution in [0.5, 0.6) is 0 Å². The van der Waals surface area contributed by atoms with Crippen LogP contribution in [-0.2, 0) is 26.7 Å². The highest BCUT2D eigenvalue weighted by Gasteiger charge is 2.24. The Balaban J connectivity index is 1.67. The van der Waals surface area contributed by atoms with Gasteiger partial charge in [-0.05, 0) is 64.8 Å². The fourth-order valence-corrected chi connectivity index (χ4v) is 5.85. The summed E-state index contributed by atoms with van der Waals surface area (Å²) in [4.78, 5) is 30.7. The Hall–Kier alpha value is -3.72. The summed E-state index contributed by atoms with van der Waals surface area (Å²) in [7, 11) is -3.84. The molecule has 2 amide bonds. The number of rotatable bonds is 14. The Morgan fingerprint density at radius 3 is 2.23 bits per heavy atom. The number of nitrogens with one attached hydrogen (secondary N) is 3. The number of aromatic nitrogens is 1. The van der Waals surface area contributed by atoms with Crippen LogP contribution in [0.1, 0.15) is 78.4 Å². The predicted octanol–water partition coefficient (Wildman–Crippen LogP) is 7.33. The summed E-state index contributed by atoms with van der Waals surface area (Å²) in [6.45, 7) is 12.7. The molecule has 0 aliphatic rings. The molecular weight excluding hydrogens is 560 g/mol. The molecule has 9 heteroatoms. The zero-order valence-corrected chi connectivity index (χ0v) is 27.0. The van der Waals surface area contributed by atoms with Crippen molar-refractivity contribution in [3.8, 4) is 0 Å². The van der Waals surface area contributed by atoms with E-state index in [2.05, 4.69) is 61.9 Å². The average Bonchev–Trinajstić information content (AvgIpc) is 2.92. The summed E-state index contributed by atoms with van der Waals surface area (Å²) in [5.41, 5.74) is 2.47. The molecule has 0 aliphatic carbocycles. The number of carbonyl (C=O) groups is 2. The van der Waals surface area contributed by atoms with Gasteiger partial charge in [0.2, 0.25) is 0 Å². The summed E-state index contributed by atoms with van der Waals surface area (Å²) in [5, 5.41) is 5.59. The molecule has 3 rings (SSSR count). The highest BCUT2D eigenvalue weighted by Crippen LogP contribution is 2.25. The van der Waals surface area contributed by atoms with Crippen LogP contribution in [0, 0.1) is 11.8 Å². The molecule has 43 heavy (non-hydrogen) atoms. The molecule has 0 radical (unpaired) electrons. The van der Waals surface area contributed by atoms with Gasteiger partial charge in [-0.1, -0.05) is 85.1 Å². The molecule has 0 fully saturated rings. The zero-order chi connectivity index (χ0) is 31.6. The van der Waals surface area contributed by atoms with Crippen LogP contribution in [0.25, 0.3) is 0 Å². The van der Waals surface area contributed by atoms with E-state index in [0.717, 1.165) is 30.4 Å². The third-order valence-corrected chi connectivity index (χ3v) is 8.69. The molecule has 2 aromatic carbocycles. The van der Waals surface area contributed by atoms with Gasteiger partial charge >= 0.3 is 6.03 Å². The van der Waals surface area contributed by atoms with Gasteiger partial charge in [-0.15, -0.1) is 0 Å². The molecule has 0 saturated carbocycles. The minimum Gasteiger partial charge on any atom is -0.328 e. The van der Waals surface area contributed by atoms with Gasteiger partial charge in [0, 0.05) is 30.9 Å². The van der Waals surface area contributed by atoms with Crippen molar-refractivity contribution >= 4 is 33.2 Å². The van der Waals surface area contributed by atoms with Gasteiger partial charge in [-0.25, -0.2) is 13.2 Å². The van der Waals surface area contributed by atoms with Crippen LogP contribution in [0.15, 0.2) is 78.0 Å². The largest absolute Gasteiger partial charge is 0.328 e. The van der Waals surface area contributed by atoms with E-state index in [4.69, 9.17) is 0 Å². The third kappa shape index (κ3) is 11.1. The number of hydrogen-bond acceptors (Lipinski definition) is 5. The van der Waals surface area contributed by atoms with Crippen LogP contribution in [0.2, 0.25) is 0 Å². The minimum absolute atomic E-state index is 0.0324. The molecule has 1 aromatic heterocycles. The summed E-state index contributed by atoms with van der Waals surface area (Å²) < 4.78 is 28.6. The molecule has 1 unspecified atom stereocenters. The lowest BCUT2D eigenvalue weighted by molar-refractivity contribution is -0.121. The van der Waals surface area contributed by atoms with E-state index in [9.17, 15) is 18.0 Å². The Morgan fingerprint density at radius 2 is 1.60 bits per heavy atom. The van der Waals surface area contributed by atoms with E-state index in [-0.39, 0.29) is 22.0 Å². The second-order valence-electron chi connectivity index (χ2n) is 12.8. The summed E-state index contributed by atoms with van der Waals surface area (Å²) in [6.07, 6.45) is 7.20. The number of nitrogens with zero attached hydrogens (tertiary/aromatic N) is 1. The first-order valence-corrected chi connectivity index (χ1v) is 16.4. The topological polar surface area (TPSA) is 117 Å². The molecule has 1 heterocycles. The summed E-state index contributed by atoms with van der Waals surface area (Å²) >= 11 is 0. The molecular formula is C34H46N4O4S. The van der Waals surface area contributed by atoms with Crippen molar-refractivity contribution in [2.75, 3.05) is 10.0 Å². The number of anilines is 2. The summed E-state index contributed by atoms with van der Waals surface area (Å²) in [6, 6.07) is 15.7.